The van der Waals surface area contributed by atoms with Gasteiger partial charge < -0.3 is 24.8 Å². The highest BCUT2D eigenvalue weighted by atomic mass is 16.5. The maximum atomic E-state index is 13.1. The molecule has 8 heteroatoms. The lowest BCUT2D eigenvalue weighted by Gasteiger charge is -2.40. The summed E-state index contributed by atoms with van der Waals surface area (Å²) in [7, 11) is 1.35. The first kappa shape index (κ1) is 24.7. The summed E-state index contributed by atoms with van der Waals surface area (Å²) < 4.78 is 10.9. The van der Waals surface area contributed by atoms with E-state index in [0.29, 0.717) is 19.4 Å². The maximum absolute atomic E-state index is 13.1. The average Bonchev–Trinajstić information content (AvgIpc) is 3.20. The summed E-state index contributed by atoms with van der Waals surface area (Å²) >= 11 is 0. The number of ether oxygens (including phenoxy) is 2. The van der Waals surface area contributed by atoms with Crippen molar-refractivity contribution in [3.05, 3.63) is 59.7 Å². The van der Waals surface area contributed by atoms with Gasteiger partial charge in [0.05, 0.1) is 12.5 Å². The number of amides is 2. The molecule has 1 saturated heterocycles. The van der Waals surface area contributed by atoms with Crippen molar-refractivity contribution in [1.29, 1.82) is 0 Å². The van der Waals surface area contributed by atoms with E-state index < -0.39 is 29.6 Å². The SMILES string of the molecule is COC1(C(=O)O)CCCN(C(=O)C(C)C(C)NC(=O)OCC2c3ccccc3-c3ccccc32)C1. The summed E-state index contributed by atoms with van der Waals surface area (Å²) in [5, 5.41) is 12.4. The zero-order valence-electron chi connectivity index (χ0n) is 20.3. The first-order valence-electron chi connectivity index (χ1n) is 12.0. The van der Waals surface area contributed by atoms with E-state index in [9.17, 15) is 19.5 Å². The Morgan fingerprint density at radius 3 is 2.26 bits per heavy atom. The van der Waals surface area contributed by atoms with Gasteiger partial charge in [0.2, 0.25) is 5.91 Å². The molecule has 2 aromatic rings. The van der Waals surface area contributed by atoms with Crippen molar-refractivity contribution in [2.45, 2.75) is 44.2 Å². The molecule has 8 nitrogen and oxygen atoms in total. The molecule has 3 unspecified atom stereocenters. The number of piperidine rings is 1. The Labute approximate surface area is 205 Å². The Kier molecular flexibility index (Phi) is 7.12. The lowest BCUT2D eigenvalue weighted by molar-refractivity contribution is -0.172. The number of aliphatic carboxylic acids is 1. The lowest BCUT2D eigenvalue weighted by Crippen LogP contribution is -2.57. The zero-order valence-corrected chi connectivity index (χ0v) is 20.3. The molecule has 35 heavy (non-hydrogen) atoms. The summed E-state index contributed by atoms with van der Waals surface area (Å²) in [6, 6.07) is 15.7. The number of likely N-dealkylation sites (tertiary alicyclic amines) is 1. The fourth-order valence-electron chi connectivity index (χ4n) is 5.09. The predicted molar refractivity (Wildman–Crippen MR) is 130 cm³/mol. The van der Waals surface area contributed by atoms with Crippen molar-refractivity contribution in [3.63, 3.8) is 0 Å². The van der Waals surface area contributed by atoms with Gasteiger partial charge in [0.1, 0.15) is 6.61 Å². The van der Waals surface area contributed by atoms with Crippen molar-refractivity contribution >= 4 is 18.0 Å². The minimum absolute atomic E-state index is 0.0142. The number of benzene rings is 2. The molecule has 0 aromatic heterocycles. The van der Waals surface area contributed by atoms with Crippen LogP contribution >= 0.6 is 0 Å². The van der Waals surface area contributed by atoms with Crippen LogP contribution in [0.15, 0.2) is 48.5 Å². The van der Waals surface area contributed by atoms with Crippen molar-refractivity contribution < 1.29 is 29.0 Å². The number of nitrogens with zero attached hydrogens (tertiary/aromatic N) is 1. The molecule has 0 radical (unpaired) electrons. The third-order valence-electron chi connectivity index (χ3n) is 7.38. The van der Waals surface area contributed by atoms with Crippen LogP contribution < -0.4 is 5.32 Å². The molecule has 1 aliphatic heterocycles. The van der Waals surface area contributed by atoms with Gasteiger partial charge >= 0.3 is 12.1 Å². The summed E-state index contributed by atoms with van der Waals surface area (Å²) in [6.45, 7) is 4.10. The number of nitrogens with one attached hydrogen (secondary N) is 1. The monoisotopic (exact) mass is 480 g/mol. The van der Waals surface area contributed by atoms with E-state index in [1.165, 1.54) is 12.0 Å². The molecule has 186 valence electrons. The number of rotatable bonds is 7. The number of carbonyl (C=O) groups is 3. The lowest BCUT2D eigenvalue weighted by atomic mass is 9.91. The van der Waals surface area contributed by atoms with Gasteiger partial charge in [-0.1, -0.05) is 55.5 Å². The van der Waals surface area contributed by atoms with Gasteiger partial charge in [0.25, 0.3) is 0 Å². The molecule has 2 aliphatic rings. The molecule has 2 N–H and O–H groups in total. The molecule has 2 amide bonds. The minimum atomic E-state index is -1.39. The van der Waals surface area contributed by atoms with Gasteiger partial charge in [-0.3, -0.25) is 4.79 Å². The van der Waals surface area contributed by atoms with Crippen LogP contribution in [0.4, 0.5) is 4.79 Å². The second-order valence-corrected chi connectivity index (χ2v) is 9.41. The van der Waals surface area contributed by atoms with Gasteiger partial charge in [-0.15, -0.1) is 0 Å². The Morgan fingerprint density at radius 1 is 1.09 bits per heavy atom. The van der Waals surface area contributed by atoms with Crippen molar-refractivity contribution in [2.24, 2.45) is 5.92 Å². The van der Waals surface area contributed by atoms with Crippen LogP contribution in [-0.4, -0.2) is 66.4 Å². The molecular weight excluding hydrogens is 448 g/mol. The molecule has 0 saturated carbocycles. The van der Waals surface area contributed by atoms with Crippen LogP contribution in [0.1, 0.15) is 43.7 Å². The van der Waals surface area contributed by atoms with Crippen molar-refractivity contribution in [3.8, 4) is 11.1 Å². The summed E-state index contributed by atoms with van der Waals surface area (Å²) in [5.41, 5.74) is 3.17. The molecule has 2 aromatic carbocycles. The number of carboxylic acid groups (broad SMARTS) is 1. The minimum Gasteiger partial charge on any atom is -0.479 e. The standard InChI is InChI=1S/C27H32N2O6/c1-17(24(30)29-14-8-13-27(16-29,34-3)25(31)32)18(2)28-26(33)35-15-23-21-11-6-4-9-19(21)20-10-5-7-12-22(20)23/h4-7,9-12,17-18,23H,8,13-16H2,1-3H3,(H,28,33)(H,31,32). The fourth-order valence-corrected chi connectivity index (χ4v) is 5.09. The molecular formula is C27H32N2O6. The largest absolute Gasteiger partial charge is 0.479 e. The van der Waals surface area contributed by atoms with Gasteiger partial charge in [-0.2, -0.15) is 0 Å². The van der Waals surface area contributed by atoms with Crippen LogP contribution in [0, 0.1) is 5.92 Å². The highest BCUT2D eigenvalue weighted by Crippen LogP contribution is 2.44. The molecule has 1 fully saturated rings. The quantitative estimate of drug-likeness (QED) is 0.627. The second-order valence-electron chi connectivity index (χ2n) is 9.41. The van der Waals surface area contributed by atoms with Crippen LogP contribution in [-0.2, 0) is 19.1 Å². The molecule has 0 spiro atoms. The van der Waals surface area contributed by atoms with Gasteiger partial charge in [-0.25, -0.2) is 9.59 Å². The second kappa shape index (κ2) is 10.1. The van der Waals surface area contributed by atoms with Crippen molar-refractivity contribution in [2.75, 3.05) is 26.8 Å². The van der Waals surface area contributed by atoms with Crippen molar-refractivity contribution in [1.82, 2.24) is 10.2 Å². The summed E-state index contributed by atoms with van der Waals surface area (Å²) in [4.78, 5) is 38.9. The van der Waals surface area contributed by atoms with E-state index in [4.69, 9.17) is 9.47 Å². The summed E-state index contributed by atoms with van der Waals surface area (Å²) in [6.07, 6.45) is 0.298. The number of carbonyl (C=O) groups excluding carboxylic acids is 2. The first-order chi connectivity index (χ1) is 16.8. The van der Waals surface area contributed by atoms with E-state index >= 15 is 0 Å². The topological polar surface area (TPSA) is 105 Å². The first-order valence-corrected chi connectivity index (χ1v) is 12.0. The Hall–Kier alpha value is -3.39. The van der Waals surface area contributed by atoms with E-state index in [2.05, 4.69) is 29.6 Å². The van der Waals surface area contributed by atoms with E-state index in [0.717, 1.165) is 22.3 Å². The molecule has 1 aliphatic carbocycles. The third-order valence-corrected chi connectivity index (χ3v) is 7.38. The van der Waals surface area contributed by atoms with Crippen LogP contribution in [0.3, 0.4) is 0 Å². The predicted octanol–water partition coefficient (Wildman–Crippen LogP) is 3.64. The number of carboxylic acids is 1. The molecule has 0 bridgehead atoms. The smallest absolute Gasteiger partial charge is 0.407 e. The average molecular weight is 481 g/mol. The molecule has 1 heterocycles. The molecule has 3 atom stereocenters. The third kappa shape index (κ3) is 4.75. The number of alkyl carbamates (subject to hydrolysis) is 1. The Balaban J connectivity index is 1.35. The van der Waals surface area contributed by atoms with E-state index in [-0.39, 0.29) is 25.0 Å². The number of fused-ring (bicyclic) bond motifs is 3. The van der Waals surface area contributed by atoms with Gasteiger partial charge in [-0.05, 0) is 42.0 Å². The highest BCUT2D eigenvalue weighted by Gasteiger charge is 2.45. The summed E-state index contributed by atoms with van der Waals surface area (Å²) in [5.74, 6) is -1.90. The van der Waals surface area contributed by atoms with Crippen LogP contribution in [0.2, 0.25) is 0 Å². The van der Waals surface area contributed by atoms with Crippen LogP contribution in [0.5, 0.6) is 0 Å². The Morgan fingerprint density at radius 2 is 1.69 bits per heavy atom. The van der Waals surface area contributed by atoms with E-state index in [1.807, 2.05) is 24.3 Å². The highest BCUT2D eigenvalue weighted by molar-refractivity contribution is 5.83. The number of hydrogen-bond donors (Lipinski definition) is 2. The number of methoxy groups -OCH3 is 1. The maximum Gasteiger partial charge on any atom is 0.407 e. The zero-order chi connectivity index (χ0) is 25.2. The fraction of sp³-hybridized carbons (Fsp3) is 0.444. The number of hydrogen-bond acceptors (Lipinski definition) is 5. The van der Waals surface area contributed by atoms with E-state index in [1.54, 1.807) is 13.8 Å². The normalized spacial score (nSPS) is 20.9. The molecule has 4 rings (SSSR count). The van der Waals surface area contributed by atoms with Gasteiger partial charge in [0.15, 0.2) is 5.60 Å². The van der Waals surface area contributed by atoms with Gasteiger partial charge in [0, 0.05) is 25.6 Å². The van der Waals surface area contributed by atoms with Crippen LogP contribution in [0.25, 0.3) is 11.1 Å². The Bertz CT molecular complexity index is 1070.